The van der Waals surface area contributed by atoms with Crippen molar-refractivity contribution >= 4 is 28.7 Å². The van der Waals surface area contributed by atoms with Crippen LogP contribution in [0.5, 0.6) is 0 Å². The number of benzene rings is 1. The minimum atomic E-state index is -0.632. The first-order chi connectivity index (χ1) is 17.2. The van der Waals surface area contributed by atoms with Crippen LogP contribution < -0.4 is 10.2 Å². The van der Waals surface area contributed by atoms with E-state index in [0.717, 1.165) is 18.8 Å². The highest BCUT2D eigenvalue weighted by Gasteiger charge is 2.25. The second-order valence-corrected chi connectivity index (χ2v) is 9.87. The normalized spacial score (nSPS) is 14.4. The minimum absolute atomic E-state index is 0.0141. The summed E-state index contributed by atoms with van der Waals surface area (Å²) in [6.07, 6.45) is 3.27. The highest BCUT2D eigenvalue weighted by Crippen LogP contribution is 2.33. The number of fused-ring (bicyclic) bond motifs is 1. The molecule has 4 aromatic rings. The lowest BCUT2D eigenvalue weighted by molar-refractivity contribution is 0.0937. The van der Waals surface area contributed by atoms with Gasteiger partial charge in [-0.3, -0.25) is 4.79 Å². The van der Waals surface area contributed by atoms with Crippen LogP contribution in [0, 0.1) is 5.82 Å². The van der Waals surface area contributed by atoms with Crippen LogP contribution in [0.15, 0.2) is 35.2 Å². The molecule has 0 atom stereocenters. The molecule has 4 heterocycles. The summed E-state index contributed by atoms with van der Waals surface area (Å²) in [5.74, 6) is -0.927. The Kier molecular flexibility index (Phi) is 6.35. The standard InChI is InChI=1S/C24H25ClFN7O3/c1-24(2,3)23-30-21(31-36-23)22(34)27-11-14-4-5-16(19(26)18(14)25)20-17-10-15(12-33(17)29-13-28-20)32-6-8-35-9-7-32/h4-5,10,12-13H,6-9,11H2,1-3H3,(H,27,34). The third-order valence-corrected chi connectivity index (χ3v) is 6.30. The molecule has 188 valence electrons. The monoisotopic (exact) mass is 513 g/mol. The zero-order valence-corrected chi connectivity index (χ0v) is 20.8. The van der Waals surface area contributed by atoms with Crippen LogP contribution in [0.2, 0.25) is 5.02 Å². The van der Waals surface area contributed by atoms with Gasteiger partial charge in [0.05, 0.1) is 35.6 Å². The number of hydrogen-bond acceptors (Lipinski definition) is 8. The third-order valence-electron chi connectivity index (χ3n) is 5.90. The molecular formula is C24H25ClFN7O3. The first kappa shape index (κ1) is 24.1. The topological polar surface area (TPSA) is 111 Å². The van der Waals surface area contributed by atoms with Crippen LogP contribution in [-0.4, -0.2) is 56.9 Å². The second kappa shape index (κ2) is 9.47. The van der Waals surface area contributed by atoms with E-state index in [1.54, 1.807) is 16.6 Å². The zero-order valence-electron chi connectivity index (χ0n) is 20.1. The van der Waals surface area contributed by atoms with Gasteiger partial charge in [0.25, 0.3) is 11.7 Å². The lowest BCUT2D eigenvalue weighted by atomic mass is 9.97. The van der Waals surface area contributed by atoms with Gasteiger partial charge in [0, 0.05) is 30.6 Å². The molecule has 1 aliphatic rings. The molecule has 1 N–H and O–H groups in total. The predicted octanol–water partition coefficient (Wildman–Crippen LogP) is 3.64. The summed E-state index contributed by atoms with van der Waals surface area (Å²) < 4.78 is 27.7. The maximum Gasteiger partial charge on any atom is 0.292 e. The van der Waals surface area contributed by atoms with Gasteiger partial charge in [0.1, 0.15) is 12.0 Å². The fourth-order valence-electron chi connectivity index (χ4n) is 3.90. The molecule has 0 spiro atoms. The summed E-state index contributed by atoms with van der Waals surface area (Å²) in [5, 5.41) is 10.5. The molecule has 1 saturated heterocycles. The number of nitrogens with one attached hydrogen (secondary N) is 1. The van der Waals surface area contributed by atoms with Crippen molar-refractivity contribution in [2.45, 2.75) is 32.7 Å². The highest BCUT2D eigenvalue weighted by molar-refractivity contribution is 6.31. The Morgan fingerprint density at radius 3 is 2.75 bits per heavy atom. The summed E-state index contributed by atoms with van der Waals surface area (Å²) in [4.78, 5) is 23.1. The van der Waals surface area contributed by atoms with Crippen molar-refractivity contribution in [1.29, 1.82) is 0 Å². The average Bonchev–Trinajstić information content (AvgIpc) is 3.53. The molecule has 0 saturated carbocycles. The lowest BCUT2D eigenvalue weighted by Crippen LogP contribution is -2.35. The van der Waals surface area contributed by atoms with Crippen LogP contribution in [0.4, 0.5) is 10.1 Å². The first-order valence-electron chi connectivity index (χ1n) is 11.5. The van der Waals surface area contributed by atoms with Gasteiger partial charge in [-0.15, -0.1) is 0 Å². The van der Waals surface area contributed by atoms with Gasteiger partial charge in [-0.05, 0) is 17.7 Å². The molecule has 0 radical (unpaired) electrons. The predicted molar refractivity (Wildman–Crippen MR) is 131 cm³/mol. The van der Waals surface area contributed by atoms with Gasteiger partial charge in [-0.2, -0.15) is 10.1 Å². The van der Waals surface area contributed by atoms with E-state index in [-0.39, 0.29) is 28.4 Å². The Bertz CT molecular complexity index is 1420. The largest absolute Gasteiger partial charge is 0.378 e. The van der Waals surface area contributed by atoms with Crippen LogP contribution in [0.1, 0.15) is 42.8 Å². The van der Waals surface area contributed by atoms with E-state index in [0.29, 0.717) is 35.9 Å². The summed E-state index contributed by atoms with van der Waals surface area (Å²) in [6, 6.07) is 5.18. The molecule has 5 rings (SSSR count). The van der Waals surface area contributed by atoms with Gasteiger partial charge >= 0.3 is 0 Å². The quantitative estimate of drug-likeness (QED) is 0.430. The Hall–Kier alpha value is -3.57. The molecule has 10 nitrogen and oxygen atoms in total. The van der Waals surface area contributed by atoms with Crippen molar-refractivity contribution in [2.24, 2.45) is 0 Å². The number of carbonyl (C=O) groups excluding carboxylic acids is 1. The first-order valence-corrected chi connectivity index (χ1v) is 11.9. The molecule has 1 aliphatic heterocycles. The summed E-state index contributed by atoms with van der Waals surface area (Å²) >= 11 is 6.37. The van der Waals surface area contributed by atoms with Gasteiger partial charge in [0.15, 0.2) is 5.82 Å². The van der Waals surface area contributed by atoms with Gasteiger partial charge in [-0.25, -0.2) is 13.9 Å². The van der Waals surface area contributed by atoms with Crippen molar-refractivity contribution < 1.29 is 18.4 Å². The van der Waals surface area contributed by atoms with Crippen molar-refractivity contribution in [1.82, 2.24) is 30.1 Å². The second-order valence-electron chi connectivity index (χ2n) is 9.49. The van der Waals surface area contributed by atoms with Crippen molar-refractivity contribution in [2.75, 3.05) is 31.2 Å². The van der Waals surface area contributed by atoms with Gasteiger partial charge in [0.2, 0.25) is 5.89 Å². The molecule has 3 aromatic heterocycles. The van der Waals surface area contributed by atoms with Crippen molar-refractivity contribution in [3.8, 4) is 11.3 Å². The lowest BCUT2D eigenvalue weighted by Gasteiger charge is -2.27. The maximum atomic E-state index is 15.4. The van der Waals surface area contributed by atoms with E-state index in [2.05, 4.69) is 30.4 Å². The fourth-order valence-corrected chi connectivity index (χ4v) is 4.13. The molecular weight excluding hydrogens is 489 g/mol. The minimum Gasteiger partial charge on any atom is -0.378 e. The van der Waals surface area contributed by atoms with Crippen molar-refractivity contribution in [3.05, 3.63) is 58.8 Å². The fraction of sp³-hybridized carbons (Fsp3) is 0.375. The van der Waals surface area contributed by atoms with E-state index in [1.165, 1.54) is 6.33 Å². The molecule has 1 aromatic carbocycles. The molecule has 0 bridgehead atoms. The Balaban J connectivity index is 1.37. The molecule has 12 heteroatoms. The summed E-state index contributed by atoms with van der Waals surface area (Å²) in [7, 11) is 0. The van der Waals surface area contributed by atoms with E-state index in [4.69, 9.17) is 20.9 Å². The number of aromatic nitrogens is 5. The Morgan fingerprint density at radius 1 is 1.25 bits per heavy atom. The van der Waals surface area contributed by atoms with Gasteiger partial charge in [-0.1, -0.05) is 43.6 Å². The van der Waals surface area contributed by atoms with Crippen LogP contribution >= 0.6 is 11.6 Å². The van der Waals surface area contributed by atoms with E-state index >= 15 is 4.39 Å². The zero-order chi connectivity index (χ0) is 25.4. The van der Waals surface area contributed by atoms with Crippen molar-refractivity contribution in [3.63, 3.8) is 0 Å². The van der Waals surface area contributed by atoms with Crippen LogP contribution in [0.3, 0.4) is 0 Å². The van der Waals surface area contributed by atoms with E-state index < -0.39 is 11.7 Å². The van der Waals surface area contributed by atoms with Crippen LogP contribution in [0.25, 0.3) is 16.8 Å². The number of morpholine rings is 1. The SMILES string of the molecule is CC(C)(C)c1nc(C(=O)NCc2ccc(-c3ncnn4cc(N5CCOCC5)cc34)c(F)c2Cl)no1. The highest BCUT2D eigenvalue weighted by atomic mass is 35.5. The third kappa shape index (κ3) is 4.63. The number of ether oxygens (including phenoxy) is 1. The maximum absolute atomic E-state index is 15.4. The smallest absolute Gasteiger partial charge is 0.292 e. The summed E-state index contributed by atoms with van der Waals surface area (Å²) in [6.45, 7) is 8.51. The number of carbonyl (C=O) groups is 1. The van der Waals surface area contributed by atoms with E-state index in [1.807, 2.05) is 33.0 Å². The number of amides is 1. The molecule has 1 fully saturated rings. The molecule has 36 heavy (non-hydrogen) atoms. The number of nitrogens with zero attached hydrogens (tertiary/aromatic N) is 6. The molecule has 0 aliphatic carbocycles. The average molecular weight is 514 g/mol. The molecule has 0 unspecified atom stereocenters. The van der Waals surface area contributed by atoms with E-state index in [9.17, 15) is 4.79 Å². The Labute approximate surface area is 211 Å². The Morgan fingerprint density at radius 2 is 2.03 bits per heavy atom. The molecule has 1 amide bonds. The number of anilines is 1. The van der Waals surface area contributed by atoms with Gasteiger partial charge < -0.3 is 19.5 Å². The number of hydrogen-bond donors (Lipinski definition) is 1. The number of rotatable bonds is 5. The number of halogens is 2. The van der Waals surface area contributed by atoms with Crippen LogP contribution in [-0.2, 0) is 16.7 Å². The summed E-state index contributed by atoms with van der Waals surface area (Å²) in [5.41, 5.74) is 2.29.